The first kappa shape index (κ1) is 16.2. The van der Waals surface area contributed by atoms with Gasteiger partial charge >= 0.3 is 6.09 Å². The standard InChI is InChI=1S/C12H12BrClN2O2S/c1-12(2,3)18-11(17)16-9-4-7(13)10(19-6-15)5-8(9)14/h4-5H,1-3H3,(H,16,17). The Morgan fingerprint density at radius 3 is 2.68 bits per heavy atom. The van der Waals surface area contributed by atoms with Crippen LogP contribution in [0, 0.1) is 10.7 Å². The van der Waals surface area contributed by atoms with Crippen molar-refractivity contribution in [2.75, 3.05) is 5.32 Å². The van der Waals surface area contributed by atoms with Crippen LogP contribution in [0.15, 0.2) is 21.5 Å². The number of halogens is 2. The largest absolute Gasteiger partial charge is 0.444 e. The molecular formula is C12H12BrClN2O2S. The maximum Gasteiger partial charge on any atom is 0.412 e. The zero-order chi connectivity index (χ0) is 14.6. The fourth-order valence-electron chi connectivity index (χ4n) is 1.17. The maximum atomic E-state index is 11.6. The van der Waals surface area contributed by atoms with Crippen LogP contribution in [0.1, 0.15) is 20.8 Å². The second-order valence-corrected chi connectivity index (χ2v) is 6.67. The SMILES string of the molecule is CC(C)(C)OC(=O)Nc1cc(Br)c(SC#N)cc1Cl. The third-order valence-corrected chi connectivity index (χ3v) is 3.69. The van der Waals surface area contributed by atoms with Gasteiger partial charge in [0.2, 0.25) is 0 Å². The van der Waals surface area contributed by atoms with Crippen LogP contribution in [0.4, 0.5) is 10.5 Å². The van der Waals surface area contributed by atoms with E-state index in [9.17, 15) is 4.79 Å². The van der Waals surface area contributed by atoms with E-state index in [0.29, 0.717) is 20.1 Å². The molecule has 0 radical (unpaired) electrons. The molecule has 0 spiro atoms. The zero-order valence-corrected chi connectivity index (χ0v) is 13.7. The summed E-state index contributed by atoms with van der Waals surface area (Å²) in [6.07, 6.45) is -0.581. The number of ether oxygens (including phenoxy) is 1. The Morgan fingerprint density at radius 2 is 2.16 bits per heavy atom. The summed E-state index contributed by atoms with van der Waals surface area (Å²) < 4.78 is 5.81. The number of nitriles is 1. The molecule has 0 bridgehead atoms. The molecule has 1 aromatic rings. The molecule has 7 heteroatoms. The lowest BCUT2D eigenvalue weighted by Gasteiger charge is -2.20. The number of carbonyl (C=O) groups is 1. The van der Waals surface area contributed by atoms with Crippen molar-refractivity contribution in [3.8, 4) is 5.40 Å². The van der Waals surface area contributed by atoms with E-state index >= 15 is 0 Å². The number of nitrogens with zero attached hydrogens (tertiary/aromatic N) is 1. The van der Waals surface area contributed by atoms with Crippen LogP contribution in [-0.2, 0) is 4.74 Å². The van der Waals surface area contributed by atoms with Gasteiger partial charge in [-0.25, -0.2) is 4.79 Å². The van der Waals surface area contributed by atoms with Gasteiger partial charge in [-0.2, -0.15) is 5.26 Å². The lowest BCUT2D eigenvalue weighted by molar-refractivity contribution is 0.0636. The average Bonchev–Trinajstić information content (AvgIpc) is 2.22. The normalized spacial score (nSPS) is 10.7. The van der Waals surface area contributed by atoms with Gasteiger partial charge in [-0.3, -0.25) is 5.32 Å². The van der Waals surface area contributed by atoms with Crippen LogP contribution in [0.25, 0.3) is 0 Å². The summed E-state index contributed by atoms with van der Waals surface area (Å²) in [5, 5.41) is 13.5. The van der Waals surface area contributed by atoms with E-state index in [0.717, 1.165) is 11.8 Å². The van der Waals surface area contributed by atoms with E-state index in [-0.39, 0.29) is 0 Å². The summed E-state index contributed by atoms with van der Waals surface area (Å²) in [5.74, 6) is 0. The fourth-order valence-corrected chi connectivity index (χ4v) is 2.46. The van der Waals surface area contributed by atoms with Crippen molar-refractivity contribution < 1.29 is 9.53 Å². The summed E-state index contributed by atoms with van der Waals surface area (Å²) in [5.41, 5.74) is -0.158. The first-order valence-electron chi connectivity index (χ1n) is 5.28. The van der Waals surface area contributed by atoms with Gasteiger partial charge in [-0.05, 0) is 60.6 Å². The fraction of sp³-hybridized carbons (Fsp3) is 0.333. The van der Waals surface area contributed by atoms with Crippen molar-refractivity contribution in [2.45, 2.75) is 31.3 Å². The number of hydrogen-bond donors (Lipinski definition) is 1. The number of rotatable bonds is 2. The van der Waals surface area contributed by atoms with Crippen molar-refractivity contribution in [3.05, 3.63) is 21.6 Å². The first-order valence-corrected chi connectivity index (χ1v) is 7.26. The molecule has 0 aliphatic carbocycles. The smallest absolute Gasteiger partial charge is 0.412 e. The zero-order valence-electron chi connectivity index (χ0n) is 10.6. The lowest BCUT2D eigenvalue weighted by Crippen LogP contribution is -2.27. The Hall–Kier alpha value is -0.900. The molecule has 0 atom stereocenters. The number of amides is 1. The third-order valence-electron chi connectivity index (χ3n) is 1.81. The number of hydrogen-bond acceptors (Lipinski definition) is 4. The number of benzene rings is 1. The molecule has 1 amide bonds. The minimum Gasteiger partial charge on any atom is -0.444 e. The molecule has 0 saturated heterocycles. The second kappa shape index (κ2) is 6.51. The average molecular weight is 364 g/mol. The molecular weight excluding hydrogens is 352 g/mol. The Balaban J connectivity index is 2.89. The van der Waals surface area contributed by atoms with E-state index in [2.05, 4.69) is 21.2 Å². The Bertz CT molecular complexity index is 538. The van der Waals surface area contributed by atoms with Crippen LogP contribution in [0.5, 0.6) is 0 Å². The molecule has 4 nitrogen and oxygen atoms in total. The van der Waals surface area contributed by atoms with Crippen molar-refractivity contribution in [2.24, 2.45) is 0 Å². The molecule has 0 fully saturated rings. The molecule has 102 valence electrons. The number of thiocyanates is 1. The van der Waals surface area contributed by atoms with Gasteiger partial charge in [-0.15, -0.1) is 0 Å². The highest BCUT2D eigenvalue weighted by molar-refractivity contribution is 9.10. The van der Waals surface area contributed by atoms with Crippen molar-refractivity contribution >= 4 is 51.1 Å². The van der Waals surface area contributed by atoms with Gasteiger partial charge in [0, 0.05) is 9.37 Å². The molecule has 0 aliphatic heterocycles. The molecule has 1 aromatic carbocycles. The molecule has 0 aromatic heterocycles. The summed E-state index contributed by atoms with van der Waals surface area (Å²) in [4.78, 5) is 12.3. The van der Waals surface area contributed by atoms with Gasteiger partial charge in [0.05, 0.1) is 10.7 Å². The predicted molar refractivity (Wildman–Crippen MR) is 80.5 cm³/mol. The summed E-state index contributed by atoms with van der Waals surface area (Å²) >= 11 is 10.3. The van der Waals surface area contributed by atoms with E-state index in [4.69, 9.17) is 21.6 Å². The Morgan fingerprint density at radius 1 is 1.53 bits per heavy atom. The number of anilines is 1. The summed E-state index contributed by atoms with van der Waals surface area (Å²) in [6, 6.07) is 3.23. The van der Waals surface area contributed by atoms with E-state index < -0.39 is 11.7 Å². The van der Waals surface area contributed by atoms with Crippen LogP contribution in [0.3, 0.4) is 0 Å². The van der Waals surface area contributed by atoms with Crippen molar-refractivity contribution in [3.63, 3.8) is 0 Å². The van der Waals surface area contributed by atoms with E-state index in [1.807, 2.05) is 5.40 Å². The van der Waals surface area contributed by atoms with Crippen LogP contribution >= 0.6 is 39.3 Å². The molecule has 0 aliphatic rings. The van der Waals surface area contributed by atoms with Crippen molar-refractivity contribution in [1.82, 2.24) is 0 Å². The highest BCUT2D eigenvalue weighted by atomic mass is 79.9. The van der Waals surface area contributed by atoms with Gasteiger partial charge < -0.3 is 4.74 Å². The van der Waals surface area contributed by atoms with Gasteiger partial charge in [0.15, 0.2) is 0 Å². The summed E-state index contributed by atoms with van der Waals surface area (Å²) in [7, 11) is 0. The third kappa shape index (κ3) is 5.31. The Labute approximate surface area is 129 Å². The molecule has 19 heavy (non-hydrogen) atoms. The highest BCUT2D eigenvalue weighted by Crippen LogP contribution is 2.35. The van der Waals surface area contributed by atoms with Gasteiger partial charge in [-0.1, -0.05) is 11.6 Å². The molecule has 1 rings (SSSR count). The van der Waals surface area contributed by atoms with Crippen LogP contribution in [-0.4, -0.2) is 11.7 Å². The van der Waals surface area contributed by atoms with Crippen molar-refractivity contribution in [1.29, 1.82) is 5.26 Å². The van der Waals surface area contributed by atoms with Gasteiger partial charge in [0.25, 0.3) is 0 Å². The lowest BCUT2D eigenvalue weighted by atomic mass is 10.2. The first-order chi connectivity index (χ1) is 8.73. The number of nitrogens with one attached hydrogen (secondary N) is 1. The van der Waals surface area contributed by atoms with Crippen LogP contribution in [0.2, 0.25) is 5.02 Å². The quantitative estimate of drug-likeness (QED) is 0.592. The number of thioether (sulfide) groups is 1. The predicted octanol–water partition coefficient (Wildman–Crippen LogP) is 5.02. The van der Waals surface area contributed by atoms with E-state index in [1.54, 1.807) is 32.9 Å². The van der Waals surface area contributed by atoms with E-state index in [1.165, 1.54) is 0 Å². The maximum absolute atomic E-state index is 11.6. The minimum absolute atomic E-state index is 0.340. The molecule has 1 N–H and O–H groups in total. The molecule has 0 unspecified atom stereocenters. The monoisotopic (exact) mass is 362 g/mol. The van der Waals surface area contributed by atoms with Crippen LogP contribution < -0.4 is 5.32 Å². The molecule has 0 saturated carbocycles. The number of carbonyl (C=O) groups excluding carboxylic acids is 1. The second-order valence-electron chi connectivity index (χ2n) is 4.58. The summed E-state index contributed by atoms with van der Waals surface area (Å²) in [6.45, 7) is 5.32. The topological polar surface area (TPSA) is 62.1 Å². The highest BCUT2D eigenvalue weighted by Gasteiger charge is 2.17. The Kier molecular flexibility index (Phi) is 5.53. The van der Waals surface area contributed by atoms with Gasteiger partial charge in [0.1, 0.15) is 11.0 Å². The molecule has 0 heterocycles. The minimum atomic E-state index is -0.581.